The Morgan fingerprint density at radius 2 is 1.62 bits per heavy atom. The predicted octanol–water partition coefficient (Wildman–Crippen LogP) is 3.44. The lowest BCUT2D eigenvalue weighted by molar-refractivity contribution is -0.102. The van der Waals surface area contributed by atoms with Gasteiger partial charge in [-0.05, 0) is 80.5 Å². The fraction of sp³-hybridized carbons (Fsp3) is 0.929. The summed E-state index contributed by atoms with van der Waals surface area (Å²) in [5.41, 5.74) is 1.67. The van der Waals surface area contributed by atoms with E-state index in [1.54, 1.807) is 0 Å². The zero-order valence-electron chi connectivity index (χ0n) is 9.86. The third-order valence-corrected chi connectivity index (χ3v) is 6.32. The summed E-state index contributed by atoms with van der Waals surface area (Å²) < 4.78 is 0. The first kappa shape index (κ1) is 9.49. The van der Waals surface area contributed by atoms with Gasteiger partial charge in [-0.3, -0.25) is 0 Å². The van der Waals surface area contributed by atoms with Crippen LogP contribution in [0.2, 0.25) is 0 Å². The smallest absolute Gasteiger partial charge is 0.0576 e. The average molecular weight is 219 g/mol. The molecule has 0 aliphatic heterocycles. The van der Waals surface area contributed by atoms with E-state index in [1.165, 1.54) is 38.5 Å². The van der Waals surface area contributed by atoms with Gasteiger partial charge in [0, 0.05) is 0 Å². The molecule has 0 saturated heterocycles. The molecule has 0 aromatic heterocycles. The molecular weight excluding hydrogens is 198 g/mol. The molecule has 2 nitrogen and oxygen atoms in total. The van der Waals surface area contributed by atoms with Gasteiger partial charge >= 0.3 is 0 Å². The molecule has 4 bridgehead atoms. The Labute approximate surface area is 97.1 Å². The molecule has 5 aliphatic rings. The van der Waals surface area contributed by atoms with Crippen molar-refractivity contribution in [2.45, 2.75) is 51.4 Å². The van der Waals surface area contributed by atoms with Gasteiger partial charge in [-0.25, -0.2) is 0 Å². The SMILES string of the molecule is O/N=C1/CCC2(C1)C1CC3CC(C1)CC2C3. The minimum atomic E-state index is 0.578. The maximum absolute atomic E-state index is 8.99. The lowest BCUT2D eigenvalue weighted by Gasteiger charge is -2.60. The second-order valence-electron chi connectivity index (χ2n) is 6.88. The Balaban J connectivity index is 1.69. The van der Waals surface area contributed by atoms with Gasteiger partial charge in [0.25, 0.3) is 0 Å². The van der Waals surface area contributed by atoms with Crippen molar-refractivity contribution < 1.29 is 5.21 Å². The highest BCUT2D eigenvalue weighted by Gasteiger charge is 2.58. The Kier molecular flexibility index (Phi) is 1.79. The topological polar surface area (TPSA) is 32.6 Å². The molecule has 88 valence electrons. The summed E-state index contributed by atoms with van der Waals surface area (Å²) in [6.07, 6.45) is 11.0. The van der Waals surface area contributed by atoms with E-state index in [1.807, 2.05) is 0 Å². The maximum Gasteiger partial charge on any atom is 0.0576 e. The van der Waals surface area contributed by atoms with Crippen molar-refractivity contribution in [2.75, 3.05) is 0 Å². The van der Waals surface area contributed by atoms with Crippen LogP contribution in [-0.4, -0.2) is 10.9 Å². The maximum atomic E-state index is 8.99. The Hall–Kier alpha value is -0.530. The Morgan fingerprint density at radius 1 is 1.00 bits per heavy atom. The molecule has 2 heteroatoms. The molecule has 16 heavy (non-hydrogen) atoms. The summed E-state index contributed by atoms with van der Waals surface area (Å²) in [4.78, 5) is 0. The number of oxime groups is 1. The standard InChI is InChI=1S/C14H21NO/c16-15-13-1-2-14(8-13)11-4-9-3-10(6-11)7-12(14)5-9/h9-12,16H,1-8H2/b15-13-. The van der Waals surface area contributed by atoms with E-state index in [4.69, 9.17) is 5.21 Å². The minimum Gasteiger partial charge on any atom is -0.411 e. The van der Waals surface area contributed by atoms with Gasteiger partial charge < -0.3 is 5.21 Å². The normalized spacial score (nSPS) is 56.6. The fourth-order valence-electron chi connectivity index (χ4n) is 5.84. The summed E-state index contributed by atoms with van der Waals surface area (Å²) >= 11 is 0. The first-order valence-electron chi connectivity index (χ1n) is 7.00. The van der Waals surface area contributed by atoms with E-state index < -0.39 is 0 Å². The van der Waals surface area contributed by atoms with Crippen molar-refractivity contribution in [1.29, 1.82) is 0 Å². The fourth-order valence-corrected chi connectivity index (χ4v) is 5.84. The molecule has 1 spiro atoms. The molecule has 1 N–H and O–H groups in total. The lowest BCUT2D eigenvalue weighted by Crippen LogP contribution is -2.51. The van der Waals surface area contributed by atoms with E-state index in [9.17, 15) is 0 Å². The molecular formula is C14H21NO. The van der Waals surface area contributed by atoms with Gasteiger partial charge in [0.2, 0.25) is 0 Å². The molecule has 0 aromatic carbocycles. The number of nitrogens with zero attached hydrogens (tertiary/aromatic N) is 1. The van der Waals surface area contributed by atoms with Crippen LogP contribution in [0.5, 0.6) is 0 Å². The second-order valence-corrected chi connectivity index (χ2v) is 6.88. The van der Waals surface area contributed by atoms with E-state index in [2.05, 4.69) is 5.16 Å². The van der Waals surface area contributed by atoms with E-state index in [0.29, 0.717) is 5.41 Å². The molecule has 0 aromatic rings. The van der Waals surface area contributed by atoms with Crippen molar-refractivity contribution in [1.82, 2.24) is 0 Å². The van der Waals surface area contributed by atoms with Crippen LogP contribution in [0.3, 0.4) is 0 Å². The molecule has 0 heterocycles. The quantitative estimate of drug-likeness (QED) is 0.491. The zero-order chi connectivity index (χ0) is 10.8. The zero-order valence-corrected chi connectivity index (χ0v) is 9.86. The van der Waals surface area contributed by atoms with Gasteiger partial charge in [-0.1, -0.05) is 5.16 Å². The molecule has 5 fully saturated rings. The van der Waals surface area contributed by atoms with Crippen molar-refractivity contribution >= 4 is 5.71 Å². The van der Waals surface area contributed by atoms with Crippen LogP contribution in [0.4, 0.5) is 0 Å². The lowest BCUT2D eigenvalue weighted by atomic mass is 9.45. The van der Waals surface area contributed by atoms with E-state index >= 15 is 0 Å². The molecule has 0 radical (unpaired) electrons. The number of hydrogen-bond donors (Lipinski definition) is 1. The van der Waals surface area contributed by atoms with Gasteiger partial charge in [-0.2, -0.15) is 0 Å². The highest BCUT2D eigenvalue weighted by Crippen LogP contribution is 2.66. The minimum absolute atomic E-state index is 0.578. The summed E-state index contributed by atoms with van der Waals surface area (Å²) in [5.74, 6) is 4.07. The van der Waals surface area contributed by atoms with E-state index in [-0.39, 0.29) is 0 Å². The first-order chi connectivity index (χ1) is 7.80. The van der Waals surface area contributed by atoms with Crippen LogP contribution in [0, 0.1) is 29.1 Å². The van der Waals surface area contributed by atoms with Gasteiger partial charge in [-0.15, -0.1) is 0 Å². The highest BCUT2D eigenvalue weighted by molar-refractivity contribution is 5.86. The Bertz CT molecular complexity index is 319. The second kappa shape index (κ2) is 3.02. The van der Waals surface area contributed by atoms with Crippen molar-refractivity contribution in [3.05, 3.63) is 0 Å². The number of hydrogen-bond acceptors (Lipinski definition) is 2. The van der Waals surface area contributed by atoms with Crippen LogP contribution in [-0.2, 0) is 0 Å². The van der Waals surface area contributed by atoms with Crippen LogP contribution in [0.25, 0.3) is 0 Å². The monoisotopic (exact) mass is 219 g/mol. The summed E-state index contributed by atoms with van der Waals surface area (Å²) in [6.45, 7) is 0. The van der Waals surface area contributed by atoms with Crippen molar-refractivity contribution in [3.63, 3.8) is 0 Å². The first-order valence-corrected chi connectivity index (χ1v) is 7.00. The Morgan fingerprint density at radius 3 is 2.12 bits per heavy atom. The van der Waals surface area contributed by atoms with Gasteiger partial charge in [0.05, 0.1) is 5.71 Å². The van der Waals surface area contributed by atoms with Crippen LogP contribution in [0.1, 0.15) is 51.4 Å². The van der Waals surface area contributed by atoms with Crippen LogP contribution >= 0.6 is 0 Å². The largest absolute Gasteiger partial charge is 0.411 e. The van der Waals surface area contributed by atoms with Crippen LogP contribution < -0.4 is 0 Å². The van der Waals surface area contributed by atoms with Crippen molar-refractivity contribution in [2.24, 2.45) is 34.2 Å². The van der Waals surface area contributed by atoms with Gasteiger partial charge in [0.15, 0.2) is 0 Å². The molecule has 0 amide bonds. The number of rotatable bonds is 0. The summed E-state index contributed by atoms with van der Waals surface area (Å²) in [5, 5.41) is 12.5. The van der Waals surface area contributed by atoms with E-state index in [0.717, 1.165) is 42.2 Å². The average Bonchev–Trinajstić information content (AvgIpc) is 2.70. The third kappa shape index (κ3) is 1.06. The molecule has 5 rings (SSSR count). The van der Waals surface area contributed by atoms with Crippen LogP contribution in [0.15, 0.2) is 5.16 Å². The molecule has 5 aliphatic carbocycles. The molecule has 0 atom stereocenters. The third-order valence-electron chi connectivity index (χ3n) is 6.32. The molecule has 5 saturated carbocycles. The summed E-state index contributed by atoms with van der Waals surface area (Å²) in [7, 11) is 0. The highest BCUT2D eigenvalue weighted by atomic mass is 16.4. The predicted molar refractivity (Wildman–Crippen MR) is 62.6 cm³/mol. The summed E-state index contributed by atoms with van der Waals surface area (Å²) in [6, 6.07) is 0. The van der Waals surface area contributed by atoms with Gasteiger partial charge in [0.1, 0.15) is 0 Å². The molecule has 0 unspecified atom stereocenters. The van der Waals surface area contributed by atoms with Crippen molar-refractivity contribution in [3.8, 4) is 0 Å².